The zero-order chi connectivity index (χ0) is 15.0. The molecule has 0 N–H and O–H groups in total. The lowest BCUT2D eigenvalue weighted by Crippen LogP contribution is -2.19. The maximum Gasteiger partial charge on any atom is 0.573 e. The highest BCUT2D eigenvalue weighted by Crippen LogP contribution is 2.38. The van der Waals surface area contributed by atoms with Crippen LogP contribution in [0.1, 0.15) is 0 Å². The first-order chi connectivity index (χ1) is 8.42. The molecular formula is C6HBrClF3N2O5S. The van der Waals surface area contributed by atoms with Gasteiger partial charge in [0.2, 0.25) is 5.75 Å². The van der Waals surface area contributed by atoms with Crippen molar-refractivity contribution in [3.8, 4) is 5.75 Å². The summed E-state index contributed by atoms with van der Waals surface area (Å²) in [5.41, 5.74) is 0. The van der Waals surface area contributed by atoms with Gasteiger partial charge in [-0.25, -0.2) is 8.42 Å². The SMILES string of the molecule is O=[N+]([O-])c1nc(S(=O)(=O)Cl)cc(Br)c1OC(F)(F)F. The van der Waals surface area contributed by atoms with Crippen molar-refractivity contribution >= 4 is 41.5 Å². The Kier molecular flexibility index (Phi) is 4.27. The van der Waals surface area contributed by atoms with E-state index in [-0.39, 0.29) is 0 Å². The number of nitro groups is 1. The molecule has 1 aromatic heterocycles. The van der Waals surface area contributed by atoms with Crippen LogP contribution in [0, 0.1) is 10.1 Å². The van der Waals surface area contributed by atoms with E-state index in [4.69, 9.17) is 10.7 Å². The number of hydrogen-bond acceptors (Lipinski definition) is 6. The Bertz CT molecular complexity index is 634. The first-order valence-corrected chi connectivity index (χ1v) is 7.07. The average molecular weight is 386 g/mol. The van der Waals surface area contributed by atoms with E-state index in [9.17, 15) is 31.7 Å². The fourth-order valence-corrected chi connectivity index (χ4v) is 2.24. The Morgan fingerprint density at radius 1 is 1.47 bits per heavy atom. The van der Waals surface area contributed by atoms with Gasteiger partial charge in [0.15, 0.2) is 0 Å². The summed E-state index contributed by atoms with van der Waals surface area (Å²) in [5.74, 6) is -2.72. The molecule has 0 saturated carbocycles. The molecule has 0 aliphatic carbocycles. The Hall–Kier alpha value is -1.14. The van der Waals surface area contributed by atoms with E-state index in [2.05, 4.69) is 25.7 Å². The second-order valence-corrected chi connectivity index (χ2v) is 6.20. The molecule has 0 bridgehead atoms. The van der Waals surface area contributed by atoms with E-state index in [0.29, 0.717) is 6.07 Å². The lowest BCUT2D eigenvalue weighted by molar-refractivity contribution is -0.393. The van der Waals surface area contributed by atoms with Crippen LogP contribution >= 0.6 is 26.6 Å². The number of rotatable bonds is 3. The van der Waals surface area contributed by atoms with Crippen LogP contribution in [-0.4, -0.2) is 24.7 Å². The molecule has 0 aromatic carbocycles. The monoisotopic (exact) mass is 384 g/mol. The van der Waals surface area contributed by atoms with Crippen LogP contribution in [0.5, 0.6) is 5.75 Å². The van der Waals surface area contributed by atoms with Crippen molar-refractivity contribution in [2.75, 3.05) is 0 Å². The minimum atomic E-state index is -5.21. The number of pyridine rings is 1. The summed E-state index contributed by atoms with van der Waals surface area (Å²) < 4.78 is 60.9. The molecule has 0 amide bonds. The molecule has 1 rings (SSSR count). The molecule has 0 aliphatic heterocycles. The summed E-state index contributed by atoms with van der Waals surface area (Å²) in [6, 6.07) is 0.552. The Morgan fingerprint density at radius 2 is 2.00 bits per heavy atom. The number of aromatic nitrogens is 1. The van der Waals surface area contributed by atoms with Crippen molar-refractivity contribution in [2.45, 2.75) is 11.4 Å². The van der Waals surface area contributed by atoms with Crippen LogP contribution in [0.2, 0.25) is 0 Å². The second kappa shape index (κ2) is 5.09. The highest BCUT2D eigenvalue weighted by atomic mass is 79.9. The van der Waals surface area contributed by atoms with Crippen molar-refractivity contribution in [2.24, 2.45) is 0 Å². The van der Waals surface area contributed by atoms with Crippen LogP contribution in [0.25, 0.3) is 0 Å². The van der Waals surface area contributed by atoms with Gasteiger partial charge in [-0.2, -0.15) is 0 Å². The third-order valence-corrected chi connectivity index (χ3v) is 3.30. The Balaban J connectivity index is 3.53. The highest BCUT2D eigenvalue weighted by Gasteiger charge is 2.38. The lowest BCUT2D eigenvalue weighted by atomic mass is 10.4. The minimum absolute atomic E-state index is 0.552. The van der Waals surface area contributed by atoms with Crippen LogP contribution in [-0.2, 0) is 9.05 Å². The first-order valence-electron chi connectivity index (χ1n) is 3.97. The standard InChI is InChI=1S/C6HBrClF3N2O5S/c7-2-1-3(19(8,16)17)12-5(13(14)15)4(2)18-6(9,10)11/h1H. The van der Waals surface area contributed by atoms with Crippen LogP contribution in [0.4, 0.5) is 19.0 Å². The number of ether oxygens (including phenoxy) is 1. The van der Waals surface area contributed by atoms with Crippen LogP contribution < -0.4 is 4.74 Å². The molecule has 13 heteroatoms. The van der Waals surface area contributed by atoms with E-state index in [1.54, 1.807) is 0 Å². The maximum atomic E-state index is 12.1. The summed E-state index contributed by atoms with van der Waals surface area (Å²) in [4.78, 5) is 12.2. The molecule has 0 spiro atoms. The van der Waals surface area contributed by atoms with Crippen molar-refractivity contribution in [1.29, 1.82) is 0 Å². The molecule has 1 heterocycles. The van der Waals surface area contributed by atoms with E-state index in [1.807, 2.05) is 0 Å². The normalized spacial score (nSPS) is 12.3. The third kappa shape index (κ3) is 4.18. The minimum Gasteiger partial charge on any atom is -0.395 e. The zero-order valence-electron chi connectivity index (χ0n) is 8.31. The number of halogens is 5. The number of alkyl halides is 3. The van der Waals surface area contributed by atoms with Crippen molar-refractivity contribution in [3.05, 3.63) is 20.7 Å². The largest absolute Gasteiger partial charge is 0.573 e. The van der Waals surface area contributed by atoms with Gasteiger partial charge in [0.25, 0.3) is 5.03 Å². The van der Waals surface area contributed by atoms with E-state index >= 15 is 0 Å². The summed E-state index contributed by atoms with van der Waals surface area (Å²) in [6.45, 7) is 0. The summed E-state index contributed by atoms with van der Waals surface area (Å²) in [5, 5.41) is 9.59. The summed E-state index contributed by atoms with van der Waals surface area (Å²) in [6.07, 6.45) is -5.21. The third-order valence-electron chi connectivity index (χ3n) is 1.53. The fraction of sp³-hybridized carbons (Fsp3) is 0.167. The molecule has 0 radical (unpaired) electrons. The fourth-order valence-electron chi connectivity index (χ4n) is 0.927. The van der Waals surface area contributed by atoms with Crippen molar-refractivity contribution < 1.29 is 31.2 Å². The predicted molar refractivity (Wildman–Crippen MR) is 58.3 cm³/mol. The van der Waals surface area contributed by atoms with Gasteiger partial charge in [-0.05, 0) is 25.8 Å². The molecule has 1 aromatic rings. The van der Waals surface area contributed by atoms with E-state index in [1.165, 1.54) is 0 Å². The second-order valence-electron chi connectivity index (χ2n) is 2.84. The van der Waals surface area contributed by atoms with Gasteiger partial charge in [-0.15, -0.1) is 13.2 Å². The first kappa shape index (κ1) is 15.9. The molecule has 0 aliphatic rings. The smallest absolute Gasteiger partial charge is 0.395 e. The molecular weight excluding hydrogens is 384 g/mol. The molecule has 7 nitrogen and oxygen atoms in total. The van der Waals surface area contributed by atoms with E-state index in [0.717, 1.165) is 0 Å². The molecule has 0 unspecified atom stereocenters. The molecule has 0 atom stereocenters. The van der Waals surface area contributed by atoms with Crippen LogP contribution in [0.3, 0.4) is 0 Å². The Labute approximate surface area is 116 Å². The van der Waals surface area contributed by atoms with Gasteiger partial charge < -0.3 is 14.9 Å². The maximum absolute atomic E-state index is 12.1. The van der Waals surface area contributed by atoms with Crippen molar-refractivity contribution in [1.82, 2.24) is 4.98 Å². The van der Waals surface area contributed by atoms with Gasteiger partial charge in [0.1, 0.15) is 0 Å². The molecule has 0 fully saturated rings. The zero-order valence-corrected chi connectivity index (χ0v) is 11.5. The van der Waals surface area contributed by atoms with Crippen LogP contribution in [0.15, 0.2) is 15.6 Å². The lowest BCUT2D eigenvalue weighted by Gasteiger charge is -2.10. The molecule has 106 valence electrons. The van der Waals surface area contributed by atoms with Crippen molar-refractivity contribution in [3.63, 3.8) is 0 Å². The highest BCUT2D eigenvalue weighted by molar-refractivity contribution is 9.10. The summed E-state index contributed by atoms with van der Waals surface area (Å²) >= 11 is 2.52. The van der Waals surface area contributed by atoms with Gasteiger partial charge in [-0.3, -0.25) is 0 Å². The topological polar surface area (TPSA) is 99.4 Å². The number of nitrogens with zero attached hydrogens (tertiary/aromatic N) is 2. The number of hydrogen-bond donors (Lipinski definition) is 0. The predicted octanol–water partition coefficient (Wildman–Crippen LogP) is 2.58. The molecule has 19 heavy (non-hydrogen) atoms. The van der Waals surface area contributed by atoms with Gasteiger partial charge in [-0.1, -0.05) is 0 Å². The van der Waals surface area contributed by atoms with Gasteiger partial charge in [0, 0.05) is 16.7 Å². The average Bonchev–Trinajstić information content (AvgIpc) is 2.16. The van der Waals surface area contributed by atoms with Gasteiger partial charge >= 0.3 is 21.2 Å². The van der Waals surface area contributed by atoms with Gasteiger partial charge in [0.05, 0.1) is 4.47 Å². The Morgan fingerprint density at radius 3 is 2.37 bits per heavy atom. The molecule has 0 saturated heterocycles. The summed E-state index contributed by atoms with van der Waals surface area (Å²) in [7, 11) is 0.444. The quantitative estimate of drug-likeness (QED) is 0.450. The van der Waals surface area contributed by atoms with E-state index < -0.39 is 41.4 Å².